The highest BCUT2D eigenvalue weighted by atomic mass is 79.9. The molecule has 0 saturated heterocycles. The number of halogens is 2. The molecular formula is C25H25BrClN3O5. The number of hydrogen-bond donors (Lipinski definition) is 1. The number of carboxylic acid groups (broad SMARTS) is 1. The van der Waals surface area contributed by atoms with Crippen molar-refractivity contribution in [1.29, 1.82) is 0 Å². The Morgan fingerprint density at radius 2 is 2.03 bits per heavy atom. The van der Waals surface area contributed by atoms with E-state index in [1.54, 1.807) is 18.2 Å². The standard InChI is InChI=1S/C25H25BrClN3O5/c1-14(25(32)33)35-22-19(27)10-15(11-21(22)34-2)13-28-30-23(16-6-4-3-5-7-16)29-20-9-8-17(26)12-18(20)24(30)31/h8-14,16H,3-7H2,1-2H3,(H,32,33)/t14-/m0/s1. The summed E-state index contributed by atoms with van der Waals surface area (Å²) in [7, 11) is 1.43. The molecule has 1 atom stereocenters. The quantitative estimate of drug-likeness (QED) is 0.376. The first-order valence-electron chi connectivity index (χ1n) is 11.3. The van der Waals surface area contributed by atoms with Crippen molar-refractivity contribution in [3.63, 3.8) is 0 Å². The van der Waals surface area contributed by atoms with Gasteiger partial charge in [0.25, 0.3) is 5.56 Å². The predicted octanol–water partition coefficient (Wildman–Crippen LogP) is 5.60. The number of carbonyl (C=O) groups is 1. The van der Waals surface area contributed by atoms with E-state index in [0.717, 1.165) is 30.2 Å². The fourth-order valence-corrected chi connectivity index (χ4v) is 4.81. The van der Waals surface area contributed by atoms with E-state index in [0.29, 0.717) is 22.3 Å². The largest absolute Gasteiger partial charge is 0.493 e. The van der Waals surface area contributed by atoms with Crippen LogP contribution < -0.4 is 15.0 Å². The van der Waals surface area contributed by atoms with Crippen LogP contribution in [0.5, 0.6) is 11.5 Å². The van der Waals surface area contributed by atoms with Crippen LogP contribution in [0.15, 0.2) is 44.7 Å². The Hall–Kier alpha value is -2.91. The molecule has 8 nitrogen and oxygen atoms in total. The number of aliphatic carboxylic acids is 1. The van der Waals surface area contributed by atoms with E-state index >= 15 is 0 Å². The zero-order chi connectivity index (χ0) is 25.1. The summed E-state index contributed by atoms with van der Waals surface area (Å²) in [6.45, 7) is 1.40. The second-order valence-electron chi connectivity index (χ2n) is 8.46. The summed E-state index contributed by atoms with van der Waals surface area (Å²) in [5.41, 5.74) is 0.948. The first-order chi connectivity index (χ1) is 16.8. The number of nitrogens with zero attached hydrogens (tertiary/aromatic N) is 3. The number of carboxylic acids is 1. The summed E-state index contributed by atoms with van der Waals surface area (Å²) in [5.74, 6) is 0.0481. The van der Waals surface area contributed by atoms with Crippen LogP contribution in [0.4, 0.5) is 0 Å². The van der Waals surface area contributed by atoms with Crippen molar-refractivity contribution in [1.82, 2.24) is 9.66 Å². The normalized spacial score (nSPS) is 15.4. The van der Waals surface area contributed by atoms with E-state index in [2.05, 4.69) is 21.0 Å². The Labute approximate surface area is 215 Å². The van der Waals surface area contributed by atoms with Crippen molar-refractivity contribution >= 4 is 50.6 Å². The van der Waals surface area contributed by atoms with Crippen LogP contribution >= 0.6 is 27.5 Å². The third kappa shape index (κ3) is 5.51. The molecule has 10 heteroatoms. The molecule has 1 N–H and O–H groups in total. The molecule has 0 aliphatic heterocycles. The third-order valence-electron chi connectivity index (χ3n) is 6.02. The van der Waals surface area contributed by atoms with Crippen molar-refractivity contribution in [2.24, 2.45) is 5.10 Å². The van der Waals surface area contributed by atoms with E-state index in [1.165, 1.54) is 31.3 Å². The number of methoxy groups -OCH3 is 1. The summed E-state index contributed by atoms with van der Waals surface area (Å²) in [5, 5.41) is 14.3. The van der Waals surface area contributed by atoms with Crippen molar-refractivity contribution < 1.29 is 19.4 Å². The zero-order valence-electron chi connectivity index (χ0n) is 19.3. The summed E-state index contributed by atoms with van der Waals surface area (Å²) in [4.78, 5) is 29.5. The molecule has 0 bridgehead atoms. The second kappa shape index (κ2) is 10.8. The minimum Gasteiger partial charge on any atom is -0.493 e. The van der Waals surface area contributed by atoms with Gasteiger partial charge in [-0.3, -0.25) is 4.79 Å². The monoisotopic (exact) mass is 561 g/mol. The molecule has 1 fully saturated rings. The minimum absolute atomic E-state index is 0.124. The van der Waals surface area contributed by atoms with Gasteiger partial charge >= 0.3 is 5.97 Å². The summed E-state index contributed by atoms with van der Waals surface area (Å²) >= 11 is 9.80. The number of benzene rings is 2. The number of rotatable bonds is 7. The summed E-state index contributed by atoms with van der Waals surface area (Å²) in [6.07, 6.45) is 5.67. The van der Waals surface area contributed by atoms with Gasteiger partial charge in [0.1, 0.15) is 5.82 Å². The lowest BCUT2D eigenvalue weighted by Gasteiger charge is -2.22. The van der Waals surface area contributed by atoms with Crippen molar-refractivity contribution in [3.05, 3.63) is 61.6 Å². The average molecular weight is 563 g/mol. The van der Waals surface area contributed by atoms with Crippen LogP contribution in [0.2, 0.25) is 5.02 Å². The van der Waals surface area contributed by atoms with Crippen LogP contribution in [-0.2, 0) is 4.79 Å². The molecule has 35 heavy (non-hydrogen) atoms. The van der Waals surface area contributed by atoms with Crippen LogP contribution in [0.3, 0.4) is 0 Å². The molecule has 0 amide bonds. The maximum Gasteiger partial charge on any atom is 0.344 e. The number of aromatic nitrogens is 2. The highest BCUT2D eigenvalue weighted by molar-refractivity contribution is 9.10. The molecule has 4 rings (SSSR count). The summed E-state index contributed by atoms with van der Waals surface area (Å²) < 4.78 is 13.0. The highest BCUT2D eigenvalue weighted by Gasteiger charge is 2.23. The zero-order valence-corrected chi connectivity index (χ0v) is 21.7. The average Bonchev–Trinajstić information content (AvgIpc) is 2.85. The predicted molar refractivity (Wildman–Crippen MR) is 138 cm³/mol. The molecule has 2 aromatic carbocycles. The highest BCUT2D eigenvalue weighted by Crippen LogP contribution is 2.37. The molecule has 1 aliphatic rings. The van der Waals surface area contributed by atoms with Crippen LogP contribution in [0, 0.1) is 0 Å². The van der Waals surface area contributed by atoms with Gasteiger partial charge < -0.3 is 14.6 Å². The first-order valence-corrected chi connectivity index (χ1v) is 12.5. The first kappa shape index (κ1) is 25.2. The lowest BCUT2D eigenvalue weighted by molar-refractivity contribution is -0.144. The van der Waals surface area contributed by atoms with Crippen LogP contribution in [0.1, 0.15) is 56.3 Å². The molecule has 1 heterocycles. The molecule has 3 aromatic rings. The van der Waals surface area contributed by atoms with E-state index in [9.17, 15) is 9.59 Å². The third-order valence-corrected chi connectivity index (χ3v) is 6.79. The maximum absolute atomic E-state index is 13.5. The minimum atomic E-state index is -1.13. The van der Waals surface area contributed by atoms with Gasteiger partial charge in [0.15, 0.2) is 17.6 Å². The van der Waals surface area contributed by atoms with Crippen LogP contribution in [-0.4, -0.2) is 40.2 Å². The second-order valence-corrected chi connectivity index (χ2v) is 9.78. The SMILES string of the molecule is COc1cc(C=Nn2c(C3CCCCC3)nc3ccc(Br)cc3c2=O)cc(Cl)c1O[C@@H](C)C(=O)O. The Balaban J connectivity index is 1.78. The van der Waals surface area contributed by atoms with Crippen molar-refractivity contribution in [2.45, 2.75) is 51.0 Å². The number of ether oxygens (including phenoxy) is 2. The van der Waals surface area contributed by atoms with Gasteiger partial charge in [-0.2, -0.15) is 9.78 Å². The lowest BCUT2D eigenvalue weighted by atomic mass is 9.88. The van der Waals surface area contributed by atoms with E-state index in [4.69, 9.17) is 31.2 Å². The molecule has 0 radical (unpaired) electrons. The Bertz CT molecular complexity index is 1350. The van der Waals surface area contributed by atoms with Gasteiger partial charge in [0, 0.05) is 10.4 Å². The van der Waals surface area contributed by atoms with Gasteiger partial charge in [-0.1, -0.05) is 46.8 Å². The lowest BCUT2D eigenvalue weighted by Crippen LogP contribution is -2.25. The maximum atomic E-state index is 13.5. The van der Waals surface area contributed by atoms with Crippen molar-refractivity contribution in [3.8, 4) is 11.5 Å². The van der Waals surface area contributed by atoms with Gasteiger partial charge in [0.05, 0.1) is 29.2 Å². The van der Waals surface area contributed by atoms with Crippen molar-refractivity contribution in [2.75, 3.05) is 7.11 Å². The van der Waals surface area contributed by atoms with Gasteiger partial charge in [0.2, 0.25) is 0 Å². The van der Waals surface area contributed by atoms with Crippen LogP contribution in [0.25, 0.3) is 10.9 Å². The summed E-state index contributed by atoms with van der Waals surface area (Å²) in [6, 6.07) is 8.65. The smallest absolute Gasteiger partial charge is 0.344 e. The number of fused-ring (bicyclic) bond motifs is 1. The fraction of sp³-hybridized carbons (Fsp3) is 0.360. The molecule has 0 spiro atoms. The van der Waals surface area contributed by atoms with Gasteiger partial charge in [-0.05, 0) is 55.7 Å². The van der Waals surface area contributed by atoms with E-state index in [1.807, 2.05) is 12.1 Å². The Kier molecular flexibility index (Phi) is 7.76. The fourth-order valence-electron chi connectivity index (χ4n) is 4.18. The van der Waals surface area contributed by atoms with E-state index in [-0.39, 0.29) is 28.0 Å². The molecule has 1 aromatic heterocycles. The molecular weight excluding hydrogens is 538 g/mol. The van der Waals surface area contributed by atoms with Gasteiger partial charge in [-0.15, -0.1) is 0 Å². The molecule has 0 unspecified atom stereocenters. The topological polar surface area (TPSA) is 103 Å². The van der Waals surface area contributed by atoms with E-state index < -0.39 is 12.1 Å². The Morgan fingerprint density at radius 1 is 1.29 bits per heavy atom. The number of hydrogen-bond acceptors (Lipinski definition) is 6. The van der Waals surface area contributed by atoms with Gasteiger partial charge in [-0.25, -0.2) is 9.78 Å². The molecule has 1 saturated carbocycles. The molecule has 184 valence electrons. The Morgan fingerprint density at radius 3 is 2.71 bits per heavy atom. The molecule has 1 aliphatic carbocycles.